The molecule has 0 radical (unpaired) electrons. The van der Waals surface area contributed by atoms with Crippen molar-refractivity contribution in [3.05, 3.63) is 89.5 Å². The first-order valence-corrected chi connectivity index (χ1v) is 11.2. The Morgan fingerprint density at radius 3 is 2.22 bits per heavy atom. The van der Waals surface area contributed by atoms with Crippen LogP contribution in [0.1, 0.15) is 29.2 Å². The molecule has 0 amide bonds. The molecule has 1 heterocycles. The molecule has 4 rings (SSSR count). The number of nitrogens with one attached hydrogen (secondary N) is 1. The third kappa shape index (κ3) is 5.23. The second-order valence-electron chi connectivity index (χ2n) is 7.96. The van der Waals surface area contributed by atoms with Crippen molar-refractivity contribution < 1.29 is 14.2 Å². The van der Waals surface area contributed by atoms with Crippen LogP contribution >= 0.6 is 0 Å². The van der Waals surface area contributed by atoms with Gasteiger partial charge < -0.3 is 19.5 Å². The van der Waals surface area contributed by atoms with Gasteiger partial charge in [0.05, 0.1) is 25.8 Å². The van der Waals surface area contributed by atoms with Crippen molar-refractivity contribution in [1.82, 2.24) is 10.2 Å². The maximum Gasteiger partial charge on any atom is 0.127 e. The Balaban J connectivity index is 1.65. The summed E-state index contributed by atoms with van der Waals surface area (Å²) >= 11 is 0. The van der Waals surface area contributed by atoms with E-state index >= 15 is 0 Å². The highest BCUT2D eigenvalue weighted by atomic mass is 16.5. The lowest BCUT2D eigenvalue weighted by Gasteiger charge is -2.33. The second kappa shape index (κ2) is 11.0. The SMILES string of the molecule is COc1cccc(OC)c1C(c1ccc(OCc2ccccc2)cc1)N1CCCNCC1. The quantitative estimate of drug-likeness (QED) is 0.560. The van der Waals surface area contributed by atoms with E-state index in [2.05, 4.69) is 46.6 Å². The molecule has 1 aliphatic heterocycles. The summed E-state index contributed by atoms with van der Waals surface area (Å²) in [6.07, 6.45) is 1.10. The predicted octanol–water partition coefficient (Wildman–Crippen LogP) is 4.67. The van der Waals surface area contributed by atoms with Gasteiger partial charge in [-0.15, -0.1) is 0 Å². The van der Waals surface area contributed by atoms with Crippen LogP contribution in [-0.4, -0.2) is 45.3 Å². The Morgan fingerprint density at radius 2 is 1.53 bits per heavy atom. The second-order valence-corrected chi connectivity index (χ2v) is 7.96. The van der Waals surface area contributed by atoms with E-state index in [0.717, 1.165) is 61.0 Å². The summed E-state index contributed by atoms with van der Waals surface area (Å²) in [5.74, 6) is 2.55. The van der Waals surface area contributed by atoms with Gasteiger partial charge in [-0.3, -0.25) is 4.90 Å². The molecular weight excluding hydrogens is 400 g/mol. The molecule has 0 bridgehead atoms. The summed E-state index contributed by atoms with van der Waals surface area (Å²) in [7, 11) is 3.44. The van der Waals surface area contributed by atoms with Crippen LogP contribution in [-0.2, 0) is 6.61 Å². The van der Waals surface area contributed by atoms with Crippen molar-refractivity contribution in [2.45, 2.75) is 19.1 Å². The van der Waals surface area contributed by atoms with Gasteiger partial charge in [0.15, 0.2) is 0 Å². The minimum atomic E-state index is 0.0316. The molecule has 168 valence electrons. The third-order valence-electron chi connectivity index (χ3n) is 5.92. The smallest absolute Gasteiger partial charge is 0.127 e. The van der Waals surface area contributed by atoms with Crippen LogP contribution in [0.15, 0.2) is 72.8 Å². The fourth-order valence-electron chi connectivity index (χ4n) is 4.32. The van der Waals surface area contributed by atoms with Crippen LogP contribution < -0.4 is 19.5 Å². The molecule has 5 heteroatoms. The third-order valence-corrected chi connectivity index (χ3v) is 5.92. The first-order chi connectivity index (χ1) is 15.8. The van der Waals surface area contributed by atoms with E-state index < -0.39 is 0 Å². The van der Waals surface area contributed by atoms with Crippen molar-refractivity contribution in [3.8, 4) is 17.2 Å². The number of hydrogen-bond donors (Lipinski definition) is 1. The van der Waals surface area contributed by atoms with Gasteiger partial charge in [-0.25, -0.2) is 0 Å². The molecule has 5 nitrogen and oxygen atoms in total. The minimum absolute atomic E-state index is 0.0316. The summed E-state index contributed by atoms with van der Waals surface area (Å²) < 4.78 is 17.6. The van der Waals surface area contributed by atoms with Crippen molar-refractivity contribution >= 4 is 0 Å². The zero-order valence-corrected chi connectivity index (χ0v) is 18.9. The van der Waals surface area contributed by atoms with E-state index in [9.17, 15) is 0 Å². The number of hydrogen-bond acceptors (Lipinski definition) is 5. The predicted molar refractivity (Wildman–Crippen MR) is 128 cm³/mol. The Labute approximate surface area is 190 Å². The normalized spacial score (nSPS) is 15.6. The zero-order valence-electron chi connectivity index (χ0n) is 18.9. The summed E-state index contributed by atoms with van der Waals surface area (Å²) in [6.45, 7) is 4.52. The van der Waals surface area contributed by atoms with Crippen molar-refractivity contribution in [2.75, 3.05) is 40.4 Å². The first kappa shape index (κ1) is 22.2. The Kier molecular flexibility index (Phi) is 7.64. The summed E-state index contributed by atoms with van der Waals surface area (Å²) in [5.41, 5.74) is 3.42. The first-order valence-electron chi connectivity index (χ1n) is 11.2. The molecule has 1 aliphatic rings. The molecule has 0 spiro atoms. The molecule has 0 saturated carbocycles. The average molecular weight is 433 g/mol. The molecule has 0 aliphatic carbocycles. The molecular formula is C27H32N2O3. The number of nitrogens with zero attached hydrogens (tertiary/aromatic N) is 1. The van der Waals surface area contributed by atoms with Crippen molar-refractivity contribution in [2.24, 2.45) is 0 Å². The van der Waals surface area contributed by atoms with Crippen molar-refractivity contribution in [3.63, 3.8) is 0 Å². The van der Waals surface area contributed by atoms with E-state index in [1.807, 2.05) is 36.4 Å². The monoisotopic (exact) mass is 432 g/mol. The van der Waals surface area contributed by atoms with E-state index in [-0.39, 0.29) is 6.04 Å². The van der Waals surface area contributed by atoms with Gasteiger partial charge in [-0.2, -0.15) is 0 Å². The van der Waals surface area contributed by atoms with Gasteiger partial charge >= 0.3 is 0 Å². The topological polar surface area (TPSA) is 43.0 Å². The minimum Gasteiger partial charge on any atom is -0.496 e. The number of benzene rings is 3. The highest BCUT2D eigenvalue weighted by Gasteiger charge is 2.29. The molecule has 0 aromatic heterocycles. The molecule has 32 heavy (non-hydrogen) atoms. The van der Waals surface area contributed by atoms with Crippen LogP contribution in [0.5, 0.6) is 17.2 Å². The molecule has 1 saturated heterocycles. The highest BCUT2D eigenvalue weighted by molar-refractivity contribution is 5.51. The van der Waals surface area contributed by atoms with E-state index in [4.69, 9.17) is 14.2 Å². The Morgan fingerprint density at radius 1 is 0.812 bits per heavy atom. The number of rotatable bonds is 8. The lowest BCUT2D eigenvalue weighted by atomic mass is 9.94. The van der Waals surface area contributed by atoms with Gasteiger partial charge in [-0.1, -0.05) is 48.5 Å². The van der Waals surface area contributed by atoms with Crippen LogP contribution in [0.3, 0.4) is 0 Å². The van der Waals surface area contributed by atoms with Crippen LogP contribution in [0.2, 0.25) is 0 Å². The van der Waals surface area contributed by atoms with E-state index in [1.165, 1.54) is 5.56 Å². The lowest BCUT2D eigenvalue weighted by molar-refractivity contribution is 0.230. The van der Waals surface area contributed by atoms with Crippen LogP contribution in [0, 0.1) is 0 Å². The van der Waals surface area contributed by atoms with E-state index in [1.54, 1.807) is 14.2 Å². The summed E-state index contributed by atoms with van der Waals surface area (Å²) in [4.78, 5) is 2.51. The standard InChI is InChI=1S/C27H32N2O3/c1-30-24-10-6-11-25(31-2)26(24)27(29-18-7-16-28-17-19-29)22-12-14-23(15-13-22)32-20-21-8-4-3-5-9-21/h3-6,8-15,27-28H,7,16-20H2,1-2H3. The highest BCUT2D eigenvalue weighted by Crippen LogP contribution is 2.41. The van der Waals surface area contributed by atoms with Gasteiger partial charge in [0.2, 0.25) is 0 Å². The Bertz CT molecular complexity index is 946. The molecule has 1 N–H and O–H groups in total. The number of ether oxygens (including phenoxy) is 3. The maximum absolute atomic E-state index is 6.01. The molecule has 1 atom stereocenters. The molecule has 1 fully saturated rings. The molecule has 3 aromatic carbocycles. The van der Waals surface area contributed by atoms with Gasteiger partial charge in [0.25, 0.3) is 0 Å². The molecule has 3 aromatic rings. The van der Waals surface area contributed by atoms with Gasteiger partial charge in [0, 0.05) is 19.6 Å². The van der Waals surface area contributed by atoms with E-state index in [0.29, 0.717) is 6.61 Å². The van der Waals surface area contributed by atoms with Crippen LogP contribution in [0.25, 0.3) is 0 Å². The Hall–Kier alpha value is -3.02. The fourth-order valence-corrected chi connectivity index (χ4v) is 4.32. The summed E-state index contributed by atoms with van der Waals surface area (Å²) in [5, 5.41) is 3.51. The van der Waals surface area contributed by atoms with Gasteiger partial charge in [0.1, 0.15) is 23.9 Å². The largest absolute Gasteiger partial charge is 0.496 e. The lowest BCUT2D eigenvalue weighted by Crippen LogP contribution is -2.33. The van der Waals surface area contributed by atoms with Gasteiger partial charge in [-0.05, 0) is 48.4 Å². The number of methoxy groups -OCH3 is 2. The van der Waals surface area contributed by atoms with Crippen molar-refractivity contribution in [1.29, 1.82) is 0 Å². The zero-order chi connectivity index (χ0) is 22.2. The molecule has 1 unspecified atom stereocenters. The maximum atomic E-state index is 6.01. The fraction of sp³-hybridized carbons (Fsp3) is 0.333. The van der Waals surface area contributed by atoms with Crippen LogP contribution in [0.4, 0.5) is 0 Å². The summed E-state index contributed by atoms with van der Waals surface area (Å²) in [6, 6.07) is 24.7. The average Bonchev–Trinajstić information content (AvgIpc) is 3.14.